The molecule has 2 aromatic heterocycles. The molecule has 2 heterocycles. The lowest BCUT2D eigenvalue weighted by Crippen LogP contribution is -2.02. The van der Waals surface area contributed by atoms with E-state index in [1.807, 2.05) is 13.8 Å². The monoisotopic (exact) mass is 334 g/mol. The third-order valence-corrected chi connectivity index (χ3v) is 5.52. The summed E-state index contributed by atoms with van der Waals surface area (Å²) in [5, 5.41) is 1.82. The van der Waals surface area contributed by atoms with Gasteiger partial charge in [0.2, 0.25) is 0 Å². The van der Waals surface area contributed by atoms with Gasteiger partial charge in [-0.3, -0.25) is 9.19 Å². The van der Waals surface area contributed by atoms with E-state index in [0.29, 0.717) is 27.2 Å². The molecule has 0 radical (unpaired) electrons. The van der Waals surface area contributed by atoms with Gasteiger partial charge in [-0.05, 0) is 19.9 Å². The summed E-state index contributed by atoms with van der Waals surface area (Å²) in [5.74, 6) is 0.744. The molecule has 0 aliphatic carbocycles. The summed E-state index contributed by atoms with van der Waals surface area (Å²) in [6, 6.07) is 1.61. The fraction of sp³-hybridized carbons (Fsp3) is 0.333. The lowest BCUT2D eigenvalue weighted by atomic mass is 10.4. The molecule has 102 valence electrons. The standard InChI is InChI=1S/C12H12Cl2N2OS2/c1-7-8(2)18-12(16-7)6-19(17)5-11-10(14)3-9(13)4-15-11/h3-4H,5-6H2,1-2H3/t19-/m0/s1. The van der Waals surface area contributed by atoms with Crippen LogP contribution in [0.15, 0.2) is 12.3 Å². The number of nitrogens with zero attached hydrogens (tertiary/aromatic N) is 2. The van der Waals surface area contributed by atoms with Gasteiger partial charge in [-0.25, -0.2) is 4.98 Å². The van der Waals surface area contributed by atoms with Crippen molar-refractivity contribution in [2.24, 2.45) is 0 Å². The number of halogens is 2. The fourth-order valence-electron chi connectivity index (χ4n) is 1.49. The van der Waals surface area contributed by atoms with Gasteiger partial charge in [0.15, 0.2) is 0 Å². The maximum atomic E-state index is 12.1. The quantitative estimate of drug-likeness (QED) is 0.851. The van der Waals surface area contributed by atoms with Crippen LogP contribution in [0.5, 0.6) is 0 Å². The Morgan fingerprint density at radius 1 is 1.32 bits per heavy atom. The first kappa shape index (κ1) is 14.9. The molecule has 7 heteroatoms. The number of rotatable bonds is 4. The highest BCUT2D eigenvalue weighted by Crippen LogP contribution is 2.22. The molecule has 19 heavy (non-hydrogen) atoms. The number of thiazole rings is 1. The van der Waals surface area contributed by atoms with Gasteiger partial charge in [-0.1, -0.05) is 23.2 Å². The number of pyridine rings is 1. The summed E-state index contributed by atoms with van der Waals surface area (Å²) in [5.41, 5.74) is 1.61. The third-order valence-electron chi connectivity index (χ3n) is 2.54. The van der Waals surface area contributed by atoms with Gasteiger partial charge in [0.25, 0.3) is 0 Å². The Kier molecular flexibility index (Phi) is 4.95. The molecule has 0 unspecified atom stereocenters. The Morgan fingerprint density at radius 3 is 2.63 bits per heavy atom. The lowest BCUT2D eigenvalue weighted by Gasteiger charge is -2.03. The van der Waals surface area contributed by atoms with Crippen LogP contribution in [0.1, 0.15) is 21.3 Å². The molecular formula is C12H12Cl2N2OS2. The first-order valence-corrected chi connectivity index (χ1v) is 8.59. The predicted octanol–water partition coefficient (Wildman–Crippen LogP) is 3.91. The average molecular weight is 335 g/mol. The van der Waals surface area contributed by atoms with Gasteiger partial charge in [0, 0.05) is 21.9 Å². The topological polar surface area (TPSA) is 42.9 Å². The fourth-order valence-corrected chi connectivity index (χ4v) is 4.35. The van der Waals surface area contributed by atoms with E-state index in [4.69, 9.17) is 23.2 Å². The van der Waals surface area contributed by atoms with Crippen molar-refractivity contribution in [1.29, 1.82) is 0 Å². The predicted molar refractivity (Wildman–Crippen MR) is 81.4 cm³/mol. The normalized spacial score (nSPS) is 12.6. The Bertz CT molecular complexity index is 609. The van der Waals surface area contributed by atoms with Crippen LogP contribution in [0.25, 0.3) is 0 Å². The van der Waals surface area contributed by atoms with Crippen LogP contribution in [-0.2, 0) is 22.3 Å². The highest BCUT2D eigenvalue weighted by atomic mass is 35.5. The van der Waals surface area contributed by atoms with Crippen LogP contribution in [0.4, 0.5) is 0 Å². The zero-order valence-corrected chi connectivity index (χ0v) is 13.6. The Morgan fingerprint density at radius 2 is 2.05 bits per heavy atom. The minimum atomic E-state index is -1.08. The first-order valence-electron chi connectivity index (χ1n) is 5.53. The molecule has 0 amide bonds. The Labute approximate surface area is 128 Å². The Hall–Kier alpha value is -0.490. The summed E-state index contributed by atoms with van der Waals surface area (Å²) in [4.78, 5) is 9.65. The molecule has 0 aromatic carbocycles. The molecule has 1 atom stereocenters. The van der Waals surface area contributed by atoms with Crippen molar-refractivity contribution < 1.29 is 4.21 Å². The van der Waals surface area contributed by atoms with Crippen molar-refractivity contribution in [1.82, 2.24) is 9.97 Å². The van der Waals surface area contributed by atoms with Crippen LogP contribution in [-0.4, -0.2) is 14.2 Å². The molecule has 3 nitrogen and oxygen atoms in total. The summed E-state index contributed by atoms with van der Waals surface area (Å²) in [6.45, 7) is 3.97. The van der Waals surface area contributed by atoms with Crippen molar-refractivity contribution in [3.63, 3.8) is 0 Å². The smallest absolute Gasteiger partial charge is 0.106 e. The molecule has 0 spiro atoms. The molecule has 2 rings (SSSR count). The van der Waals surface area contributed by atoms with Gasteiger partial charge in [-0.2, -0.15) is 0 Å². The molecule has 0 saturated heterocycles. The first-order chi connectivity index (χ1) is 8.95. The van der Waals surface area contributed by atoms with Crippen LogP contribution in [0.2, 0.25) is 10.0 Å². The van der Waals surface area contributed by atoms with Gasteiger partial charge in [0.05, 0.1) is 32.9 Å². The van der Waals surface area contributed by atoms with Gasteiger partial charge in [-0.15, -0.1) is 11.3 Å². The molecule has 0 N–H and O–H groups in total. The summed E-state index contributed by atoms with van der Waals surface area (Å²) in [6.07, 6.45) is 1.51. The van der Waals surface area contributed by atoms with Gasteiger partial charge in [0.1, 0.15) is 5.01 Å². The molecule has 0 fully saturated rings. The zero-order valence-electron chi connectivity index (χ0n) is 10.4. The van der Waals surface area contributed by atoms with Gasteiger partial charge < -0.3 is 0 Å². The van der Waals surface area contributed by atoms with E-state index < -0.39 is 10.8 Å². The molecular weight excluding hydrogens is 323 g/mol. The van der Waals surface area contributed by atoms with Crippen molar-refractivity contribution in [3.8, 4) is 0 Å². The number of aryl methyl sites for hydroxylation is 2. The van der Waals surface area contributed by atoms with Crippen molar-refractivity contribution in [2.75, 3.05) is 0 Å². The maximum absolute atomic E-state index is 12.1. The van der Waals surface area contributed by atoms with Crippen molar-refractivity contribution in [2.45, 2.75) is 25.4 Å². The molecule has 0 aliphatic rings. The van der Waals surface area contributed by atoms with E-state index in [1.54, 1.807) is 17.4 Å². The van der Waals surface area contributed by atoms with E-state index in [2.05, 4.69) is 9.97 Å². The molecule has 0 bridgehead atoms. The highest BCUT2D eigenvalue weighted by molar-refractivity contribution is 7.83. The van der Waals surface area contributed by atoms with E-state index in [0.717, 1.165) is 15.6 Å². The van der Waals surface area contributed by atoms with E-state index >= 15 is 0 Å². The van der Waals surface area contributed by atoms with E-state index in [9.17, 15) is 4.21 Å². The van der Waals surface area contributed by atoms with E-state index in [-0.39, 0.29) is 0 Å². The largest absolute Gasteiger partial charge is 0.259 e. The maximum Gasteiger partial charge on any atom is 0.106 e. The summed E-state index contributed by atoms with van der Waals surface area (Å²) >= 11 is 13.4. The number of hydrogen-bond acceptors (Lipinski definition) is 4. The lowest BCUT2D eigenvalue weighted by molar-refractivity contribution is 0.681. The molecule has 0 aliphatic heterocycles. The minimum absolute atomic E-state index is 0.313. The molecule has 2 aromatic rings. The summed E-state index contributed by atoms with van der Waals surface area (Å²) in [7, 11) is -1.08. The SMILES string of the molecule is Cc1nc(C[S@@](=O)Cc2ncc(Cl)cc2Cl)sc1C. The summed E-state index contributed by atoms with van der Waals surface area (Å²) < 4.78 is 12.1. The van der Waals surface area contributed by atoms with Crippen LogP contribution >= 0.6 is 34.5 Å². The van der Waals surface area contributed by atoms with Crippen LogP contribution in [0.3, 0.4) is 0 Å². The van der Waals surface area contributed by atoms with Gasteiger partial charge >= 0.3 is 0 Å². The van der Waals surface area contributed by atoms with Crippen molar-refractivity contribution in [3.05, 3.63) is 43.6 Å². The minimum Gasteiger partial charge on any atom is -0.259 e. The van der Waals surface area contributed by atoms with Crippen molar-refractivity contribution >= 4 is 45.3 Å². The number of hydrogen-bond donors (Lipinski definition) is 0. The Balaban J connectivity index is 2.05. The second-order valence-electron chi connectivity index (χ2n) is 4.06. The zero-order chi connectivity index (χ0) is 14.0. The number of aromatic nitrogens is 2. The third kappa shape index (κ3) is 3.99. The van der Waals surface area contributed by atoms with Crippen LogP contribution in [0, 0.1) is 13.8 Å². The van der Waals surface area contributed by atoms with E-state index in [1.165, 1.54) is 6.20 Å². The second kappa shape index (κ2) is 6.31. The highest BCUT2D eigenvalue weighted by Gasteiger charge is 2.11. The second-order valence-corrected chi connectivity index (χ2v) is 7.65. The molecule has 0 saturated carbocycles. The van der Waals surface area contributed by atoms with Crippen LogP contribution < -0.4 is 0 Å². The average Bonchev–Trinajstić information content (AvgIpc) is 2.62.